The van der Waals surface area contributed by atoms with Crippen molar-refractivity contribution >= 4 is 22.7 Å². The summed E-state index contributed by atoms with van der Waals surface area (Å²) in [7, 11) is 3.35. The molecule has 2 aromatic carbocycles. The summed E-state index contributed by atoms with van der Waals surface area (Å²) in [5, 5.41) is 7.31. The van der Waals surface area contributed by atoms with Crippen LogP contribution in [0.3, 0.4) is 0 Å². The minimum atomic E-state index is 0.751. The molecular formula is C28H28N4O2S. The Kier molecular flexibility index (Phi) is 6.51. The molecule has 5 rings (SSSR count). The van der Waals surface area contributed by atoms with Crippen molar-refractivity contribution < 1.29 is 9.47 Å². The van der Waals surface area contributed by atoms with Gasteiger partial charge in [0.2, 0.25) is 4.80 Å². The van der Waals surface area contributed by atoms with Gasteiger partial charge in [-0.25, -0.2) is 9.67 Å². The van der Waals surface area contributed by atoms with Crippen LogP contribution >= 0.6 is 11.3 Å². The summed E-state index contributed by atoms with van der Waals surface area (Å²) in [5.74, 6) is 1.51. The van der Waals surface area contributed by atoms with Crippen molar-refractivity contribution in [2.45, 2.75) is 33.1 Å². The smallest absolute Gasteiger partial charge is 0.211 e. The van der Waals surface area contributed by atoms with Crippen LogP contribution in [0.2, 0.25) is 0 Å². The largest absolute Gasteiger partial charge is 0.497 e. The highest BCUT2D eigenvalue weighted by Gasteiger charge is 2.20. The molecule has 0 atom stereocenters. The Morgan fingerprint density at radius 2 is 1.89 bits per heavy atom. The van der Waals surface area contributed by atoms with Crippen molar-refractivity contribution in [2.75, 3.05) is 14.2 Å². The Morgan fingerprint density at radius 1 is 1.00 bits per heavy atom. The molecule has 0 unspecified atom stereocenters. The quantitative estimate of drug-likeness (QED) is 0.346. The van der Waals surface area contributed by atoms with Gasteiger partial charge in [0, 0.05) is 22.7 Å². The maximum atomic E-state index is 5.71. The average Bonchev–Trinajstić information content (AvgIpc) is 3.26. The number of benzene rings is 2. The average molecular weight is 485 g/mol. The Labute approximate surface area is 209 Å². The first-order valence-corrected chi connectivity index (χ1v) is 12.5. The molecule has 2 aromatic heterocycles. The highest BCUT2D eigenvalue weighted by Crippen LogP contribution is 2.34. The predicted octanol–water partition coefficient (Wildman–Crippen LogP) is 6.07. The fourth-order valence-corrected chi connectivity index (χ4v) is 5.42. The van der Waals surface area contributed by atoms with Crippen LogP contribution in [-0.2, 0) is 6.42 Å². The third kappa shape index (κ3) is 4.64. The zero-order chi connectivity index (χ0) is 24.4. The van der Waals surface area contributed by atoms with E-state index in [2.05, 4.69) is 36.3 Å². The molecule has 1 aliphatic carbocycles. The van der Waals surface area contributed by atoms with Gasteiger partial charge in [-0.3, -0.25) is 4.98 Å². The van der Waals surface area contributed by atoms with E-state index >= 15 is 0 Å². The van der Waals surface area contributed by atoms with Gasteiger partial charge in [0.05, 0.1) is 37.5 Å². The lowest BCUT2D eigenvalue weighted by Crippen LogP contribution is -2.19. The van der Waals surface area contributed by atoms with Crippen molar-refractivity contribution in [3.05, 3.63) is 87.3 Å². The second kappa shape index (κ2) is 9.88. The number of fused-ring (bicyclic) bond motifs is 1. The molecule has 0 N–H and O–H groups in total. The van der Waals surface area contributed by atoms with Crippen molar-refractivity contribution in [2.24, 2.45) is 10.1 Å². The summed E-state index contributed by atoms with van der Waals surface area (Å²) in [4.78, 5) is 9.87. The molecule has 35 heavy (non-hydrogen) atoms. The Balaban J connectivity index is 1.76. The second-order valence-electron chi connectivity index (χ2n) is 8.61. The van der Waals surface area contributed by atoms with Gasteiger partial charge < -0.3 is 9.47 Å². The van der Waals surface area contributed by atoms with E-state index in [-0.39, 0.29) is 0 Å². The zero-order valence-electron chi connectivity index (χ0n) is 20.4. The lowest BCUT2D eigenvalue weighted by Gasteiger charge is -2.21. The fourth-order valence-electron chi connectivity index (χ4n) is 4.58. The molecule has 0 fully saturated rings. The lowest BCUT2D eigenvalue weighted by atomic mass is 9.86. The summed E-state index contributed by atoms with van der Waals surface area (Å²) in [6, 6.07) is 14.1. The third-order valence-corrected chi connectivity index (χ3v) is 7.04. The number of rotatable bonds is 5. The topological polar surface area (TPSA) is 61.0 Å². The van der Waals surface area contributed by atoms with E-state index < -0.39 is 0 Å². The normalized spacial score (nSPS) is 14.7. The van der Waals surface area contributed by atoms with E-state index in [9.17, 15) is 0 Å². The van der Waals surface area contributed by atoms with Crippen molar-refractivity contribution in [1.29, 1.82) is 0 Å². The first-order chi connectivity index (χ1) is 17.1. The van der Waals surface area contributed by atoms with Gasteiger partial charge >= 0.3 is 0 Å². The van der Waals surface area contributed by atoms with E-state index in [0.717, 1.165) is 58.2 Å². The number of aryl methyl sites for hydroxylation is 2. The number of aromatic nitrogens is 2. The zero-order valence-corrected chi connectivity index (χ0v) is 21.2. The first kappa shape index (κ1) is 23.1. The van der Waals surface area contributed by atoms with Crippen molar-refractivity contribution in [1.82, 2.24) is 9.66 Å². The van der Waals surface area contributed by atoms with Gasteiger partial charge in [-0.2, -0.15) is 5.10 Å². The molecule has 0 bridgehead atoms. The van der Waals surface area contributed by atoms with Crippen LogP contribution < -0.4 is 14.3 Å². The van der Waals surface area contributed by atoms with Gasteiger partial charge in [0.15, 0.2) is 0 Å². The van der Waals surface area contributed by atoms with Crippen molar-refractivity contribution in [3.8, 4) is 22.8 Å². The summed E-state index contributed by atoms with van der Waals surface area (Å²) in [6.07, 6.45) is 6.58. The van der Waals surface area contributed by atoms with Gasteiger partial charge in [0.25, 0.3) is 0 Å². The third-order valence-electron chi connectivity index (χ3n) is 6.23. The number of hydrogen-bond acceptors (Lipinski definition) is 6. The standard InChI is InChI=1S/C28H28N4O2S/c1-18-13-19(2)22-8-5-9-25(23(22)14-18)31-32-26(24-15-21(33-3)10-11-27(24)34-4)17-35-28(32)30-20-7-6-12-29-16-20/h6-7,10-17H,5,8-9H2,1-4H3. The predicted molar refractivity (Wildman–Crippen MR) is 141 cm³/mol. The molecule has 1 aliphatic rings. The molecule has 6 nitrogen and oxygen atoms in total. The number of ether oxygens (including phenoxy) is 2. The van der Waals surface area contributed by atoms with Gasteiger partial charge in [-0.1, -0.05) is 11.6 Å². The number of pyridine rings is 1. The highest BCUT2D eigenvalue weighted by atomic mass is 32.1. The van der Waals surface area contributed by atoms with E-state index in [1.54, 1.807) is 26.6 Å². The van der Waals surface area contributed by atoms with Crippen LogP contribution in [0.5, 0.6) is 11.5 Å². The summed E-state index contributed by atoms with van der Waals surface area (Å²) in [6.45, 7) is 4.34. The van der Waals surface area contributed by atoms with Crippen LogP contribution in [0.4, 0.5) is 5.69 Å². The molecule has 7 heteroatoms. The molecule has 2 heterocycles. The maximum absolute atomic E-state index is 5.71. The highest BCUT2D eigenvalue weighted by molar-refractivity contribution is 7.07. The maximum Gasteiger partial charge on any atom is 0.211 e. The molecule has 0 spiro atoms. The van der Waals surface area contributed by atoms with E-state index in [1.807, 2.05) is 35.0 Å². The number of nitrogens with zero attached hydrogens (tertiary/aromatic N) is 4. The monoisotopic (exact) mass is 484 g/mol. The second-order valence-corrected chi connectivity index (χ2v) is 9.45. The Morgan fingerprint density at radius 3 is 2.66 bits per heavy atom. The van der Waals surface area contributed by atoms with Crippen molar-refractivity contribution in [3.63, 3.8) is 0 Å². The van der Waals surface area contributed by atoms with Crippen LogP contribution in [0, 0.1) is 13.8 Å². The minimum absolute atomic E-state index is 0.751. The molecule has 0 saturated carbocycles. The van der Waals surface area contributed by atoms with Gasteiger partial charge in [0.1, 0.15) is 11.5 Å². The van der Waals surface area contributed by atoms with Crippen LogP contribution in [0.25, 0.3) is 11.3 Å². The summed E-state index contributed by atoms with van der Waals surface area (Å²) >= 11 is 1.54. The van der Waals surface area contributed by atoms with E-state index in [0.29, 0.717) is 0 Å². The first-order valence-electron chi connectivity index (χ1n) is 11.6. The van der Waals surface area contributed by atoms with Gasteiger partial charge in [-0.05, 0) is 80.6 Å². The number of hydrogen-bond donors (Lipinski definition) is 0. The molecular weight excluding hydrogens is 456 g/mol. The fraction of sp³-hybridized carbons (Fsp3) is 0.250. The minimum Gasteiger partial charge on any atom is -0.497 e. The Hall–Kier alpha value is -3.71. The number of thiazole rings is 1. The molecule has 0 aliphatic heterocycles. The molecule has 0 saturated heterocycles. The van der Waals surface area contributed by atoms with E-state index in [1.165, 1.54) is 33.6 Å². The molecule has 178 valence electrons. The summed E-state index contributed by atoms with van der Waals surface area (Å²) in [5.41, 5.74) is 8.87. The Bertz CT molecular complexity index is 1470. The number of methoxy groups -OCH3 is 2. The molecule has 0 radical (unpaired) electrons. The van der Waals surface area contributed by atoms with Crippen LogP contribution in [0.15, 0.2) is 70.3 Å². The molecule has 4 aromatic rings. The molecule has 0 amide bonds. The van der Waals surface area contributed by atoms with Gasteiger partial charge in [-0.15, -0.1) is 11.3 Å². The lowest BCUT2D eigenvalue weighted by molar-refractivity contribution is 0.404. The SMILES string of the molecule is COc1ccc(OC)c(-c2csc(=Nc3cccnc3)n2N=C2CCCc3c(C)cc(C)cc32)c1. The van der Waals surface area contributed by atoms with Crippen LogP contribution in [-0.4, -0.2) is 29.6 Å². The van der Waals surface area contributed by atoms with E-state index in [4.69, 9.17) is 19.6 Å². The van der Waals surface area contributed by atoms with Crippen LogP contribution in [0.1, 0.15) is 35.1 Å². The summed E-state index contributed by atoms with van der Waals surface area (Å²) < 4.78 is 13.2.